The van der Waals surface area contributed by atoms with Gasteiger partial charge in [0.05, 0.1) is 0 Å². The molecule has 0 radical (unpaired) electrons. The Morgan fingerprint density at radius 3 is 2.17 bits per heavy atom. The van der Waals surface area contributed by atoms with Crippen LogP contribution in [-0.4, -0.2) is 0 Å². The van der Waals surface area contributed by atoms with E-state index in [4.69, 9.17) is 0 Å². The molecule has 0 unspecified atom stereocenters. The Morgan fingerprint density at radius 2 is 1.83 bits per heavy atom. The van der Waals surface area contributed by atoms with Crippen molar-refractivity contribution in [3.8, 4) is 0 Å². The molecule has 0 saturated heterocycles. The molecule has 0 aliphatic heterocycles. The monoisotopic (exact) mass is 251 g/mol. The normalized spacial score (nSPS) is 14.9. The topological polar surface area (TPSA) is 0 Å². The molecular formula is C9H15F2Zr. The molecule has 12 heavy (non-hydrogen) atoms. The van der Waals surface area contributed by atoms with E-state index in [1.807, 2.05) is 0 Å². The van der Waals surface area contributed by atoms with Crippen LogP contribution in [0, 0.1) is 0 Å². The van der Waals surface area contributed by atoms with Crippen LogP contribution in [0.2, 0.25) is 0 Å². The van der Waals surface area contributed by atoms with Crippen molar-refractivity contribution in [3.05, 3.63) is 20.5 Å². The fourth-order valence-corrected chi connectivity index (χ4v) is 2.54. The second-order valence-electron chi connectivity index (χ2n) is 2.60. The zero-order valence-corrected chi connectivity index (χ0v) is 9.97. The van der Waals surface area contributed by atoms with Gasteiger partial charge in [0.25, 0.3) is 0 Å². The van der Waals surface area contributed by atoms with Crippen molar-refractivity contribution >= 4 is 0 Å². The minimum atomic E-state index is 0. The average molecular weight is 252 g/mol. The summed E-state index contributed by atoms with van der Waals surface area (Å²) in [5.74, 6) is 0. The molecule has 0 saturated carbocycles. The van der Waals surface area contributed by atoms with Gasteiger partial charge in [0.1, 0.15) is 0 Å². The van der Waals surface area contributed by atoms with Gasteiger partial charge in [-0.3, -0.25) is 9.41 Å². The second kappa shape index (κ2) is 6.71. The molecule has 1 aliphatic rings. The maximum Gasteiger partial charge on any atom is -0.269 e. The first kappa shape index (κ1) is 14.7. The molecule has 0 atom stereocenters. The Bertz CT molecular complexity index is 195. The Kier molecular flexibility index (Phi) is 8.24. The summed E-state index contributed by atoms with van der Waals surface area (Å²) in [5, 5.41) is 0. The minimum absolute atomic E-state index is 0. The standard InChI is InChI=1S/C9H13.2FH.Zr/c1-3-8-6-5-7-9(8)4-2;;;/h6H,3-5H2,1-2H3;2*1H;. The Morgan fingerprint density at radius 1 is 1.25 bits per heavy atom. The summed E-state index contributed by atoms with van der Waals surface area (Å²) >= 11 is 1.61. The molecule has 0 aromatic heterocycles. The predicted molar refractivity (Wildman–Crippen MR) is 45.3 cm³/mol. The van der Waals surface area contributed by atoms with Crippen molar-refractivity contribution in [1.82, 2.24) is 0 Å². The van der Waals surface area contributed by atoms with Crippen LogP contribution in [0.5, 0.6) is 0 Å². The van der Waals surface area contributed by atoms with E-state index in [-0.39, 0.29) is 9.41 Å². The summed E-state index contributed by atoms with van der Waals surface area (Å²) in [6.07, 6.45) is 6.09. The molecule has 0 N–H and O–H groups in total. The van der Waals surface area contributed by atoms with Crippen LogP contribution in [0.15, 0.2) is 20.5 Å². The van der Waals surface area contributed by atoms with Crippen LogP contribution in [0.4, 0.5) is 9.41 Å². The number of hydrogen-bond donors (Lipinski definition) is 0. The Labute approximate surface area is 87.7 Å². The first-order valence-electron chi connectivity index (χ1n) is 3.92. The van der Waals surface area contributed by atoms with Gasteiger partial charge < -0.3 is 0 Å². The van der Waals surface area contributed by atoms with Gasteiger partial charge >= 0.3 is 78.3 Å². The van der Waals surface area contributed by atoms with E-state index in [9.17, 15) is 0 Å². The summed E-state index contributed by atoms with van der Waals surface area (Å²) in [4.78, 5) is 0. The quantitative estimate of drug-likeness (QED) is 0.708. The van der Waals surface area contributed by atoms with Crippen molar-refractivity contribution in [2.75, 3.05) is 0 Å². The summed E-state index contributed by atoms with van der Waals surface area (Å²) in [5.41, 5.74) is 3.26. The smallest absolute Gasteiger partial charge is 0.269 e. The maximum absolute atomic E-state index is 2.39. The van der Waals surface area contributed by atoms with Gasteiger partial charge in [-0.15, -0.1) is 0 Å². The molecule has 0 spiro atoms. The van der Waals surface area contributed by atoms with Gasteiger partial charge in [-0.05, 0) is 0 Å². The number of hydrogen-bond acceptors (Lipinski definition) is 0. The first-order chi connectivity index (χ1) is 4.79. The molecule has 0 aromatic carbocycles. The zero-order chi connectivity index (χ0) is 7.56. The largest absolute Gasteiger partial charge is 0.269 e. The molecule has 1 aliphatic carbocycles. The third-order valence-electron chi connectivity index (χ3n) is 2.04. The van der Waals surface area contributed by atoms with Gasteiger partial charge in [-0.1, -0.05) is 0 Å². The molecule has 0 bridgehead atoms. The van der Waals surface area contributed by atoms with Gasteiger partial charge in [0, 0.05) is 0 Å². The molecule has 0 heterocycles. The van der Waals surface area contributed by atoms with E-state index < -0.39 is 0 Å². The average Bonchev–Trinajstić information content (AvgIpc) is 2.30. The van der Waals surface area contributed by atoms with E-state index >= 15 is 0 Å². The van der Waals surface area contributed by atoms with Gasteiger partial charge in [-0.25, -0.2) is 0 Å². The SMILES string of the molecule is CCC1=CC[C]([Zr])=C1CC.F.F. The third kappa shape index (κ3) is 2.93. The zero-order valence-electron chi connectivity index (χ0n) is 7.52. The Hall–Kier alpha value is 0.223. The first-order valence-corrected chi connectivity index (χ1v) is 5.15. The fourth-order valence-electron chi connectivity index (χ4n) is 1.46. The second-order valence-corrected chi connectivity index (χ2v) is 4.08. The number of allylic oxidation sites excluding steroid dienone is 4. The van der Waals surface area contributed by atoms with Crippen molar-refractivity contribution in [1.29, 1.82) is 0 Å². The Balaban J connectivity index is 0. The summed E-state index contributed by atoms with van der Waals surface area (Å²) in [6.45, 7) is 4.50. The summed E-state index contributed by atoms with van der Waals surface area (Å²) in [6, 6.07) is 0. The molecule has 0 nitrogen and oxygen atoms in total. The molecule has 1 rings (SSSR count). The van der Waals surface area contributed by atoms with Crippen LogP contribution < -0.4 is 0 Å². The van der Waals surface area contributed by atoms with Crippen LogP contribution in [0.3, 0.4) is 0 Å². The summed E-state index contributed by atoms with van der Waals surface area (Å²) in [7, 11) is 0. The van der Waals surface area contributed by atoms with Crippen LogP contribution >= 0.6 is 0 Å². The third-order valence-corrected chi connectivity index (χ3v) is 3.28. The number of rotatable bonds is 2. The molecule has 3 heteroatoms. The van der Waals surface area contributed by atoms with E-state index in [2.05, 4.69) is 19.9 Å². The molecule has 0 amide bonds. The van der Waals surface area contributed by atoms with Crippen LogP contribution in [0.25, 0.3) is 0 Å². The van der Waals surface area contributed by atoms with Gasteiger partial charge in [0.2, 0.25) is 0 Å². The van der Waals surface area contributed by atoms with E-state index in [0.717, 1.165) is 0 Å². The molecule has 69 valence electrons. The van der Waals surface area contributed by atoms with Crippen LogP contribution in [-0.2, 0) is 24.7 Å². The van der Waals surface area contributed by atoms with Crippen molar-refractivity contribution < 1.29 is 34.1 Å². The van der Waals surface area contributed by atoms with Crippen molar-refractivity contribution in [2.45, 2.75) is 33.1 Å². The minimum Gasteiger partial charge on any atom is -0.269 e. The molecular weight excluding hydrogens is 237 g/mol. The van der Waals surface area contributed by atoms with Crippen molar-refractivity contribution in [2.24, 2.45) is 0 Å². The maximum atomic E-state index is 2.39. The van der Waals surface area contributed by atoms with Crippen molar-refractivity contribution in [3.63, 3.8) is 0 Å². The predicted octanol–water partition coefficient (Wildman–Crippen LogP) is 3.24. The van der Waals surface area contributed by atoms with E-state index in [0.29, 0.717) is 0 Å². The summed E-state index contributed by atoms with van der Waals surface area (Å²) < 4.78 is 1.67. The van der Waals surface area contributed by atoms with Gasteiger partial charge in [-0.2, -0.15) is 0 Å². The molecule has 0 aromatic rings. The van der Waals surface area contributed by atoms with Crippen LogP contribution in [0.1, 0.15) is 33.1 Å². The van der Waals surface area contributed by atoms with E-state index in [1.165, 1.54) is 19.3 Å². The number of halogens is 2. The van der Waals surface area contributed by atoms with E-state index in [1.54, 1.807) is 39.1 Å². The fraction of sp³-hybridized carbons (Fsp3) is 0.556. The molecule has 0 fully saturated rings. The van der Waals surface area contributed by atoms with Gasteiger partial charge in [0.15, 0.2) is 0 Å².